The van der Waals surface area contributed by atoms with Gasteiger partial charge in [-0.05, 0) is 30.9 Å². The Labute approximate surface area is 121 Å². The summed E-state index contributed by atoms with van der Waals surface area (Å²) in [4.78, 5) is 12.4. The normalized spacial score (nSPS) is 22.6. The van der Waals surface area contributed by atoms with Gasteiger partial charge < -0.3 is 10.4 Å². The minimum absolute atomic E-state index is 0.371. The standard InChI is InChI=1S/C14H16ClNO2S/c15-10-5-9-11(16-14(18)13(9)17)6-12(10)19-7-8-3-1-2-4-8/h5-6,8,13,17H,1-4,7H2,(H,16,18). The molecule has 1 aliphatic carbocycles. The Hall–Kier alpha value is -0.710. The highest BCUT2D eigenvalue weighted by atomic mass is 35.5. The Kier molecular flexibility index (Phi) is 3.74. The van der Waals surface area contributed by atoms with Crippen molar-refractivity contribution in [1.29, 1.82) is 0 Å². The molecule has 0 bridgehead atoms. The van der Waals surface area contributed by atoms with Crippen LogP contribution in [0.3, 0.4) is 0 Å². The first-order valence-corrected chi connectivity index (χ1v) is 7.96. The van der Waals surface area contributed by atoms with E-state index in [-0.39, 0.29) is 5.91 Å². The van der Waals surface area contributed by atoms with Crippen molar-refractivity contribution >= 4 is 35.0 Å². The van der Waals surface area contributed by atoms with E-state index in [1.165, 1.54) is 25.7 Å². The summed E-state index contributed by atoms with van der Waals surface area (Å²) in [6, 6.07) is 3.59. The molecule has 1 amide bonds. The van der Waals surface area contributed by atoms with Gasteiger partial charge in [-0.2, -0.15) is 0 Å². The number of carbonyl (C=O) groups is 1. The number of hydrogen-bond acceptors (Lipinski definition) is 3. The summed E-state index contributed by atoms with van der Waals surface area (Å²) in [6.45, 7) is 0. The van der Waals surface area contributed by atoms with Crippen LogP contribution in [0.4, 0.5) is 5.69 Å². The number of nitrogens with one attached hydrogen (secondary N) is 1. The highest BCUT2D eigenvalue weighted by Gasteiger charge is 2.29. The lowest BCUT2D eigenvalue weighted by Gasteiger charge is -2.11. The molecule has 3 nitrogen and oxygen atoms in total. The molecule has 2 aliphatic rings. The molecule has 1 fully saturated rings. The highest BCUT2D eigenvalue weighted by molar-refractivity contribution is 7.99. The number of fused-ring (bicyclic) bond motifs is 1. The van der Waals surface area contributed by atoms with Crippen LogP contribution < -0.4 is 5.32 Å². The van der Waals surface area contributed by atoms with Gasteiger partial charge in [0.15, 0.2) is 6.10 Å². The minimum Gasteiger partial charge on any atom is -0.378 e. The summed E-state index contributed by atoms with van der Waals surface area (Å²) in [5, 5.41) is 13.0. The first-order chi connectivity index (χ1) is 9.15. The fourth-order valence-electron chi connectivity index (χ4n) is 2.74. The van der Waals surface area contributed by atoms with Crippen LogP contribution in [0.5, 0.6) is 0 Å². The number of rotatable bonds is 3. The molecular formula is C14H16ClNO2S. The number of thioether (sulfide) groups is 1. The number of aliphatic hydroxyl groups is 1. The van der Waals surface area contributed by atoms with Crippen molar-refractivity contribution in [3.63, 3.8) is 0 Å². The maximum atomic E-state index is 11.4. The Balaban J connectivity index is 1.76. The SMILES string of the molecule is O=C1Nc2cc(SCC3CCCC3)c(Cl)cc2C1O. The molecule has 102 valence electrons. The van der Waals surface area contributed by atoms with Crippen molar-refractivity contribution in [2.75, 3.05) is 11.1 Å². The Morgan fingerprint density at radius 1 is 1.37 bits per heavy atom. The number of hydrogen-bond donors (Lipinski definition) is 2. The van der Waals surface area contributed by atoms with Crippen molar-refractivity contribution in [2.45, 2.75) is 36.7 Å². The monoisotopic (exact) mass is 297 g/mol. The lowest BCUT2D eigenvalue weighted by Crippen LogP contribution is -2.10. The molecule has 0 spiro atoms. The Morgan fingerprint density at radius 3 is 2.84 bits per heavy atom. The number of amides is 1. The van der Waals surface area contributed by atoms with Gasteiger partial charge in [-0.15, -0.1) is 11.8 Å². The maximum Gasteiger partial charge on any atom is 0.257 e. The quantitative estimate of drug-likeness (QED) is 0.838. The molecule has 5 heteroatoms. The summed E-state index contributed by atoms with van der Waals surface area (Å²) in [5.74, 6) is 1.49. The second-order valence-corrected chi connectivity index (χ2v) is 6.69. The third-order valence-electron chi connectivity index (χ3n) is 3.85. The summed E-state index contributed by atoms with van der Waals surface area (Å²) < 4.78 is 0. The molecular weight excluding hydrogens is 282 g/mol. The molecule has 1 atom stereocenters. The number of carbonyl (C=O) groups excluding carboxylic acids is 1. The van der Waals surface area contributed by atoms with Crippen LogP contribution >= 0.6 is 23.4 Å². The Morgan fingerprint density at radius 2 is 2.11 bits per heavy atom. The third kappa shape index (κ3) is 2.62. The van der Waals surface area contributed by atoms with Crippen LogP contribution in [0.1, 0.15) is 37.4 Å². The molecule has 0 radical (unpaired) electrons. The van der Waals surface area contributed by atoms with E-state index in [4.69, 9.17) is 11.6 Å². The van der Waals surface area contributed by atoms with Crippen LogP contribution in [-0.4, -0.2) is 16.8 Å². The second kappa shape index (κ2) is 5.35. The summed E-state index contributed by atoms with van der Waals surface area (Å²) in [5.41, 5.74) is 1.27. The number of anilines is 1. The molecule has 2 N–H and O–H groups in total. The fraction of sp³-hybridized carbons (Fsp3) is 0.500. The zero-order valence-corrected chi connectivity index (χ0v) is 12.1. The second-order valence-electron chi connectivity index (χ2n) is 5.22. The van der Waals surface area contributed by atoms with E-state index in [0.717, 1.165) is 16.6 Å². The lowest BCUT2D eigenvalue weighted by atomic mass is 10.1. The van der Waals surface area contributed by atoms with Crippen LogP contribution in [0.15, 0.2) is 17.0 Å². The largest absolute Gasteiger partial charge is 0.378 e. The van der Waals surface area contributed by atoms with Crippen molar-refractivity contribution in [2.24, 2.45) is 5.92 Å². The summed E-state index contributed by atoms with van der Waals surface area (Å²) in [7, 11) is 0. The van der Waals surface area contributed by atoms with E-state index < -0.39 is 6.10 Å². The smallest absolute Gasteiger partial charge is 0.257 e. The van der Waals surface area contributed by atoms with Crippen LogP contribution in [0, 0.1) is 5.92 Å². The van der Waals surface area contributed by atoms with Crippen LogP contribution in [0.25, 0.3) is 0 Å². The van der Waals surface area contributed by atoms with E-state index in [1.54, 1.807) is 17.8 Å². The summed E-state index contributed by atoms with van der Waals surface area (Å²) in [6.07, 6.45) is 4.22. The zero-order chi connectivity index (χ0) is 13.4. The lowest BCUT2D eigenvalue weighted by molar-refractivity contribution is -0.123. The summed E-state index contributed by atoms with van der Waals surface area (Å²) >= 11 is 7.98. The van der Waals surface area contributed by atoms with Crippen molar-refractivity contribution in [3.05, 3.63) is 22.7 Å². The van der Waals surface area contributed by atoms with E-state index in [1.807, 2.05) is 6.07 Å². The van der Waals surface area contributed by atoms with E-state index >= 15 is 0 Å². The molecule has 1 heterocycles. The molecule has 1 aromatic carbocycles. The van der Waals surface area contributed by atoms with Gasteiger partial charge in [-0.3, -0.25) is 4.79 Å². The van der Waals surface area contributed by atoms with Crippen molar-refractivity contribution in [3.8, 4) is 0 Å². The Bertz CT molecular complexity index is 514. The minimum atomic E-state index is -1.08. The van der Waals surface area contributed by atoms with Gasteiger partial charge >= 0.3 is 0 Å². The molecule has 1 saturated carbocycles. The van der Waals surface area contributed by atoms with Gasteiger partial charge in [0, 0.05) is 21.9 Å². The van der Waals surface area contributed by atoms with Gasteiger partial charge in [0.05, 0.1) is 5.02 Å². The maximum absolute atomic E-state index is 11.4. The van der Waals surface area contributed by atoms with Gasteiger partial charge in [0.1, 0.15) is 0 Å². The van der Waals surface area contributed by atoms with Gasteiger partial charge in [-0.25, -0.2) is 0 Å². The van der Waals surface area contributed by atoms with Gasteiger partial charge in [0.2, 0.25) is 0 Å². The van der Waals surface area contributed by atoms with Gasteiger partial charge in [0.25, 0.3) is 5.91 Å². The van der Waals surface area contributed by atoms with E-state index in [9.17, 15) is 9.90 Å². The highest BCUT2D eigenvalue weighted by Crippen LogP contribution is 2.40. The van der Waals surface area contributed by atoms with E-state index in [2.05, 4.69) is 5.32 Å². The molecule has 0 aromatic heterocycles. The predicted molar refractivity (Wildman–Crippen MR) is 77.7 cm³/mol. The predicted octanol–water partition coefficient (Wildman–Crippen LogP) is 3.61. The third-order valence-corrected chi connectivity index (χ3v) is 5.57. The molecule has 1 aliphatic heterocycles. The number of benzene rings is 1. The molecule has 1 aromatic rings. The molecule has 0 saturated heterocycles. The molecule has 3 rings (SSSR count). The average Bonchev–Trinajstić information content (AvgIpc) is 2.98. The van der Waals surface area contributed by atoms with Crippen molar-refractivity contribution in [1.82, 2.24) is 0 Å². The van der Waals surface area contributed by atoms with E-state index in [0.29, 0.717) is 16.3 Å². The van der Waals surface area contributed by atoms with Crippen LogP contribution in [-0.2, 0) is 4.79 Å². The topological polar surface area (TPSA) is 49.3 Å². The van der Waals surface area contributed by atoms with Crippen molar-refractivity contribution < 1.29 is 9.90 Å². The van der Waals surface area contributed by atoms with Gasteiger partial charge in [-0.1, -0.05) is 24.4 Å². The molecule has 1 unspecified atom stereocenters. The van der Waals surface area contributed by atoms with Crippen LogP contribution in [0.2, 0.25) is 5.02 Å². The number of halogens is 1. The average molecular weight is 298 g/mol. The number of aliphatic hydroxyl groups excluding tert-OH is 1. The first-order valence-electron chi connectivity index (χ1n) is 6.60. The fourth-order valence-corrected chi connectivity index (χ4v) is 4.22. The first kappa shape index (κ1) is 13.3. The zero-order valence-electron chi connectivity index (χ0n) is 10.5. The molecule has 19 heavy (non-hydrogen) atoms.